The largest absolute Gasteiger partial charge is 0.395 e. The summed E-state index contributed by atoms with van der Waals surface area (Å²) in [5.74, 6) is -0.149. The lowest BCUT2D eigenvalue weighted by Gasteiger charge is -2.20. The van der Waals surface area contributed by atoms with Gasteiger partial charge in [0.15, 0.2) is 0 Å². The monoisotopic (exact) mass is 325 g/mol. The van der Waals surface area contributed by atoms with Crippen molar-refractivity contribution in [3.8, 4) is 0 Å². The average Bonchev–Trinajstić information content (AvgIpc) is 2.33. The minimum absolute atomic E-state index is 0.109. The molecule has 0 aliphatic rings. The minimum Gasteiger partial charge on any atom is -0.395 e. The quantitative estimate of drug-likeness (QED) is 0.838. The highest BCUT2D eigenvalue weighted by molar-refractivity contribution is 7.88. The van der Waals surface area contributed by atoms with Crippen molar-refractivity contribution in [2.24, 2.45) is 0 Å². The van der Waals surface area contributed by atoms with Gasteiger partial charge in [0.25, 0.3) is 0 Å². The molecule has 0 unspecified atom stereocenters. The fourth-order valence-corrected chi connectivity index (χ4v) is 3.61. The van der Waals surface area contributed by atoms with Crippen LogP contribution in [-0.2, 0) is 15.8 Å². The molecule has 0 aliphatic heterocycles. The molecule has 7 heteroatoms. The maximum atomic E-state index is 12.2. The number of aliphatic hydroxyl groups is 1. The van der Waals surface area contributed by atoms with E-state index in [1.807, 2.05) is 6.92 Å². The van der Waals surface area contributed by atoms with E-state index in [1.54, 1.807) is 18.2 Å². The van der Waals surface area contributed by atoms with E-state index in [1.165, 1.54) is 4.31 Å². The number of sulfonamides is 1. The Morgan fingerprint density at radius 2 is 1.89 bits per heavy atom. The summed E-state index contributed by atoms with van der Waals surface area (Å²) in [6.07, 6.45) is 0.695. The summed E-state index contributed by atoms with van der Waals surface area (Å²) in [5.41, 5.74) is 0.577. The molecule has 0 spiro atoms. The van der Waals surface area contributed by atoms with Crippen LogP contribution >= 0.6 is 23.2 Å². The lowest BCUT2D eigenvalue weighted by molar-refractivity contribution is 0.253. The Morgan fingerprint density at radius 3 is 2.42 bits per heavy atom. The summed E-state index contributed by atoms with van der Waals surface area (Å²) in [7, 11) is -3.46. The summed E-state index contributed by atoms with van der Waals surface area (Å²) in [6, 6.07) is 4.75. The van der Waals surface area contributed by atoms with Crippen molar-refractivity contribution in [2.75, 3.05) is 19.7 Å². The van der Waals surface area contributed by atoms with Crippen molar-refractivity contribution >= 4 is 33.2 Å². The van der Waals surface area contributed by atoms with Crippen LogP contribution in [0.5, 0.6) is 0 Å². The molecule has 0 saturated carbocycles. The van der Waals surface area contributed by atoms with Gasteiger partial charge in [-0.25, -0.2) is 8.42 Å². The smallest absolute Gasteiger partial charge is 0.218 e. The predicted octanol–water partition coefficient (Wildman–Crippen LogP) is 2.53. The molecule has 0 aliphatic carbocycles. The van der Waals surface area contributed by atoms with Gasteiger partial charge in [-0.2, -0.15) is 4.31 Å². The molecular formula is C12H17Cl2NO3S. The Hall–Kier alpha value is -0.330. The molecule has 1 rings (SSSR count). The standard InChI is InChI=1S/C12H17Cl2NO3S/c1-2-5-15(6-7-16)19(17,18)9-10-3-4-11(13)12(14)8-10/h3-4,8,16H,2,5-7,9H2,1H3. The first-order valence-corrected chi connectivity index (χ1v) is 8.30. The van der Waals surface area contributed by atoms with Crippen molar-refractivity contribution in [2.45, 2.75) is 19.1 Å². The summed E-state index contributed by atoms with van der Waals surface area (Å²) in [5, 5.41) is 9.65. The summed E-state index contributed by atoms with van der Waals surface area (Å²) >= 11 is 11.7. The maximum absolute atomic E-state index is 12.2. The number of nitrogens with zero attached hydrogens (tertiary/aromatic N) is 1. The Morgan fingerprint density at radius 1 is 1.21 bits per heavy atom. The van der Waals surface area contributed by atoms with Crippen LogP contribution in [0.15, 0.2) is 18.2 Å². The molecule has 0 saturated heterocycles. The Labute approximate surface area is 124 Å². The Balaban J connectivity index is 2.90. The molecule has 108 valence electrons. The normalized spacial score (nSPS) is 12.1. The number of hydrogen-bond donors (Lipinski definition) is 1. The second-order valence-corrected chi connectivity index (χ2v) is 6.91. The molecule has 0 bridgehead atoms. The molecule has 0 aromatic heterocycles. The van der Waals surface area contributed by atoms with Crippen LogP contribution in [0, 0.1) is 0 Å². The third-order valence-corrected chi connectivity index (χ3v) is 5.14. The summed E-state index contributed by atoms with van der Waals surface area (Å²) in [4.78, 5) is 0. The molecule has 0 amide bonds. The summed E-state index contributed by atoms with van der Waals surface area (Å²) in [6.45, 7) is 2.20. The van der Waals surface area contributed by atoms with Crippen molar-refractivity contribution in [3.63, 3.8) is 0 Å². The first kappa shape index (κ1) is 16.7. The van der Waals surface area contributed by atoms with Crippen LogP contribution < -0.4 is 0 Å². The Bertz CT molecular complexity index is 514. The SMILES string of the molecule is CCCN(CCO)S(=O)(=O)Cc1ccc(Cl)c(Cl)c1. The molecular weight excluding hydrogens is 309 g/mol. The van der Waals surface area contributed by atoms with Gasteiger partial charge in [0.2, 0.25) is 10.0 Å². The molecule has 4 nitrogen and oxygen atoms in total. The number of rotatable bonds is 7. The van der Waals surface area contributed by atoms with E-state index in [0.717, 1.165) is 0 Å². The summed E-state index contributed by atoms with van der Waals surface area (Å²) < 4.78 is 25.7. The van der Waals surface area contributed by atoms with Gasteiger partial charge in [0.05, 0.1) is 22.4 Å². The van der Waals surface area contributed by atoms with Crippen molar-refractivity contribution < 1.29 is 13.5 Å². The number of halogens is 2. The van der Waals surface area contributed by atoms with Gasteiger partial charge in [-0.15, -0.1) is 0 Å². The second-order valence-electron chi connectivity index (χ2n) is 4.13. The zero-order valence-corrected chi connectivity index (χ0v) is 13.0. The average molecular weight is 326 g/mol. The molecule has 0 radical (unpaired) electrons. The molecule has 1 aromatic carbocycles. The van der Waals surface area contributed by atoms with E-state index in [0.29, 0.717) is 28.6 Å². The lowest BCUT2D eigenvalue weighted by Crippen LogP contribution is -2.35. The van der Waals surface area contributed by atoms with Crippen molar-refractivity contribution in [1.82, 2.24) is 4.31 Å². The second kappa shape index (κ2) is 7.45. The Kier molecular flexibility index (Phi) is 6.56. The van der Waals surface area contributed by atoms with E-state index in [9.17, 15) is 8.42 Å². The highest BCUT2D eigenvalue weighted by Gasteiger charge is 2.21. The van der Waals surface area contributed by atoms with Crippen LogP contribution in [0.2, 0.25) is 10.0 Å². The van der Waals surface area contributed by atoms with E-state index >= 15 is 0 Å². The highest BCUT2D eigenvalue weighted by Crippen LogP contribution is 2.24. The van der Waals surface area contributed by atoms with Gasteiger partial charge in [-0.1, -0.05) is 36.2 Å². The number of benzene rings is 1. The molecule has 0 fully saturated rings. The van der Waals surface area contributed by atoms with Gasteiger partial charge < -0.3 is 5.11 Å². The zero-order valence-electron chi connectivity index (χ0n) is 10.6. The molecule has 1 aromatic rings. The zero-order chi connectivity index (χ0) is 14.5. The van der Waals surface area contributed by atoms with E-state index in [-0.39, 0.29) is 18.9 Å². The lowest BCUT2D eigenvalue weighted by atomic mass is 10.2. The van der Waals surface area contributed by atoms with Crippen LogP contribution in [-0.4, -0.2) is 37.5 Å². The number of hydrogen-bond acceptors (Lipinski definition) is 3. The van der Waals surface area contributed by atoms with Gasteiger partial charge >= 0.3 is 0 Å². The highest BCUT2D eigenvalue weighted by atomic mass is 35.5. The van der Waals surface area contributed by atoms with E-state index < -0.39 is 10.0 Å². The molecule has 1 N–H and O–H groups in total. The molecule has 0 heterocycles. The van der Waals surface area contributed by atoms with E-state index in [2.05, 4.69) is 0 Å². The molecule has 19 heavy (non-hydrogen) atoms. The maximum Gasteiger partial charge on any atom is 0.218 e. The fourth-order valence-electron chi connectivity index (χ4n) is 1.68. The molecule has 0 atom stereocenters. The minimum atomic E-state index is -3.46. The van der Waals surface area contributed by atoms with Gasteiger partial charge in [0, 0.05) is 13.1 Å². The van der Waals surface area contributed by atoms with Crippen LogP contribution in [0.3, 0.4) is 0 Å². The van der Waals surface area contributed by atoms with Crippen LogP contribution in [0.25, 0.3) is 0 Å². The van der Waals surface area contributed by atoms with Gasteiger partial charge in [-0.3, -0.25) is 0 Å². The van der Waals surface area contributed by atoms with Crippen LogP contribution in [0.4, 0.5) is 0 Å². The first-order valence-electron chi connectivity index (χ1n) is 5.93. The topological polar surface area (TPSA) is 57.6 Å². The third kappa shape index (κ3) is 4.93. The van der Waals surface area contributed by atoms with Crippen molar-refractivity contribution in [1.29, 1.82) is 0 Å². The van der Waals surface area contributed by atoms with Gasteiger partial charge in [-0.05, 0) is 24.1 Å². The fraction of sp³-hybridized carbons (Fsp3) is 0.500. The predicted molar refractivity (Wildman–Crippen MR) is 78.0 cm³/mol. The van der Waals surface area contributed by atoms with Gasteiger partial charge in [0.1, 0.15) is 0 Å². The van der Waals surface area contributed by atoms with Crippen LogP contribution in [0.1, 0.15) is 18.9 Å². The van der Waals surface area contributed by atoms with Crippen molar-refractivity contribution in [3.05, 3.63) is 33.8 Å². The van der Waals surface area contributed by atoms with E-state index in [4.69, 9.17) is 28.3 Å². The number of aliphatic hydroxyl groups excluding tert-OH is 1. The third-order valence-electron chi connectivity index (χ3n) is 2.55. The first-order chi connectivity index (χ1) is 8.90.